The van der Waals surface area contributed by atoms with Crippen LogP contribution in [0.2, 0.25) is 0 Å². The molecule has 4 nitrogen and oxygen atoms in total. The van der Waals surface area contributed by atoms with Crippen molar-refractivity contribution in [2.45, 2.75) is 26.8 Å². The number of hydrogen-bond acceptors (Lipinski definition) is 3. The molecule has 0 atom stereocenters. The summed E-state index contributed by atoms with van der Waals surface area (Å²) in [4.78, 5) is 11.6. The van der Waals surface area contributed by atoms with Gasteiger partial charge >= 0.3 is 0 Å². The van der Waals surface area contributed by atoms with E-state index in [1.54, 1.807) is 6.20 Å². The van der Waals surface area contributed by atoms with Crippen LogP contribution in [0, 0.1) is 10.5 Å². The fourth-order valence-corrected chi connectivity index (χ4v) is 3.26. The Morgan fingerprint density at radius 2 is 2.00 bits per heavy atom. The monoisotopic (exact) mass is 369 g/mol. The summed E-state index contributed by atoms with van der Waals surface area (Å²) in [7, 11) is -3.03. The van der Waals surface area contributed by atoms with Crippen molar-refractivity contribution in [2.24, 2.45) is 0 Å². The van der Waals surface area contributed by atoms with Crippen LogP contribution in [0.3, 0.4) is 0 Å². The molecule has 0 aliphatic carbocycles. The van der Waals surface area contributed by atoms with Crippen LogP contribution >= 0.6 is 22.6 Å². The second-order valence-corrected chi connectivity index (χ2v) is 7.45. The third kappa shape index (κ3) is 4.42. The first-order valence-electron chi connectivity index (χ1n) is 5.42. The normalized spacial score (nSPS) is 11.7. The highest BCUT2D eigenvalue weighted by atomic mass is 127. The SMILES string of the molecule is CCCS(=O)(=O)CCn1cc(I)c(C)cc1=O. The molecule has 6 heteroatoms. The number of sulfone groups is 1. The Kier molecular flexibility index (Phi) is 5.18. The van der Waals surface area contributed by atoms with Crippen LogP contribution in [0.4, 0.5) is 0 Å². The minimum atomic E-state index is -3.03. The maximum Gasteiger partial charge on any atom is 0.250 e. The summed E-state index contributed by atoms with van der Waals surface area (Å²) in [6, 6.07) is 1.54. The molecule has 1 aromatic heterocycles. The van der Waals surface area contributed by atoms with Gasteiger partial charge in [-0.05, 0) is 41.5 Å². The van der Waals surface area contributed by atoms with Crippen molar-refractivity contribution in [2.75, 3.05) is 11.5 Å². The zero-order chi connectivity index (χ0) is 13.1. The first-order valence-corrected chi connectivity index (χ1v) is 8.33. The fraction of sp³-hybridized carbons (Fsp3) is 0.545. The van der Waals surface area contributed by atoms with Gasteiger partial charge in [0.2, 0.25) is 0 Å². The van der Waals surface area contributed by atoms with Crippen molar-refractivity contribution in [1.29, 1.82) is 0 Å². The predicted molar refractivity (Wildman–Crippen MR) is 77.1 cm³/mol. The quantitative estimate of drug-likeness (QED) is 0.741. The van der Waals surface area contributed by atoms with Gasteiger partial charge < -0.3 is 4.57 Å². The van der Waals surface area contributed by atoms with E-state index in [9.17, 15) is 13.2 Å². The van der Waals surface area contributed by atoms with Gasteiger partial charge in [-0.2, -0.15) is 0 Å². The number of aromatic nitrogens is 1. The molecule has 96 valence electrons. The van der Waals surface area contributed by atoms with Gasteiger partial charge in [-0.15, -0.1) is 0 Å². The molecule has 0 aliphatic rings. The van der Waals surface area contributed by atoms with Crippen LogP contribution in [-0.2, 0) is 16.4 Å². The molecule has 0 amide bonds. The van der Waals surface area contributed by atoms with Crippen LogP contribution in [0.5, 0.6) is 0 Å². The zero-order valence-electron chi connectivity index (χ0n) is 9.94. The van der Waals surface area contributed by atoms with Crippen LogP contribution in [0.15, 0.2) is 17.1 Å². The largest absolute Gasteiger partial charge is 0.313 e. The third-order valence-electron chi connectivity index (χ3n) is 2.43. The van der Waals surface area contributed by atoms with E-state index in [-0.39, 0.29) is 23.6 Å². The summed E-state index contributed by atoms with van der Waals surface area (Å²) in [5.41, 5.74) is 0.776. The topological polar surface area (TPSA) is 56.1 Å². The molecule has 0 radical (unpaired) electrons. The van der Waals surface area contributed by atoms with Crippen LogP contribution in [0.1, 0.15) is 18.9 Å². The van der Waals surface area contributed by atoms with E-state index in [4.69, 9.17) is 0 Å². The molecule has 17 heavy (non-hydrogen) atoms. The Morgan fingerprint density at radius 3 is 2.59 bits per heavy atom. The lowest BCUT2D eigenvalue weighted by atomic mass is 10.3. The molecule has 0 bridgehead atoms. The first-order chi connectivity index (χ1) is 7.85. The second kappa shape index (κ2) is 5.99. The molecule has 1 heterocycles. The number of nitrogens with zero attached hydrogens (tertiary/aromatic N) is 1. The van der Waals surface area contributed by atoms with Crippen molar-refractivity contribution in [3.63, 3.8) is 0 Å². The lowest BCUT2D eigenvalue weighted by molar-refractivity contribution is 0.585. The fourth-order valence-electron chi connectivity index (χ4n) is 1.46. The van der Waals surface area contributed by atoms with Gasteiger partial charge in [0.1, 0.15) is 0 Å². The number of aryl methyl sites for hydroxylation is 2. The van der Waals surface area contributed by atoms with E-state index in [0.29, 0.717) is 6.42 Å². The summed E-state index contributed by atoms with van der Waals surface area (Å²) in [5.74, 6) is 0.213. The van der Waals surface area contributed by atoms with Gasteiger partial charge in [0.25, 0.3) is 5.56 Å². The average Bonchev–Trinajstić information content (AvgIpc) is 2.21. The van der Waals surface area contributed by atoms with Gasteiger partial charge in [0.15, 0.2) is 9.84 Å². The Balaban J connectivity index is 2.84. The molecule has 0 unspecified atom stereocenters. The van der Waals surface area contributed by atoms with Gasteiger partial charge in [0.05, 0.1) is 5.75 Å². The first kappa shape index (κ1) is 14.7. The van der Waals surface area contributed by atoms with E-state index < -0.39 is 9.84 Å². The van der Waals surface area contributed by atoms with E-state index in [0.717, 1.165) is 9.13 Å². The highest BCUT2D eigenvalue weighted by Crippen LogP contribution is 2.07. The van der Waals surface area contributed by atoms with Crippen LogP contribution in [0.25, 0.3) is 0 Å². The Morgan fingerprint density at radius 1 is 1.35 bits per heavy atom. The lowest BCUT2D eigenvalue weighted by Crippen LogP contribution is -2.25. The minimum absolute atomic E-state index is 0.0277. The molecular weight excluding hydrogens is 353 g/mol. The number of rotatable bonds is 5. The van der Waals surface area contributed by atoms with Gasteiger partial charge in [-0.25, -0.2) is 8.42 Å². The lowest BCUT2D eigenvalue weighted by Gasteiger charge is -2.08. The molecule has 0 saturated heterocycles. The third-order valence-corrected chi connectivity index (χ3v) is 5.39. The molecule has 0 saturated carbocycles. The molecular formula is C11H16INO3S. The summed E-state index contributed by atoms with van der Waals surface area (Å²) in [6.07, 6.45) is 2.32. The highest BCUT2D eigenvalue weighted by molar-refractivity contribution is 14.1. The number of hydrogen-bond donors (Lipinski definition) is 0. The zero-order valence-corrected chi connectivity index (χ0v) is 12.9. The number of pyridine rings is 1. The van der Waals surface area contributed by atoms with Crippen LogP contribution in [-0.4, -0.2) is 24.5 Å². The van der Waals surface area contributed by atoms with E-state index in [1.165, 1.54) is 10.6 Å². The molecule has 0 aromatic carbocycles. The summed E-state index contributed by atoms with van der Waals surface area (Å²) < 4.78 is 25.5. The Labute approximate surface area is 115 Å². The van der Waals surface area contributed by atoms with E-state index in [1.807, 2.05) is 13.8 Å². The van der Waals surface area contributed by atoms with Crippen molar-refractivity contribution < 1.29 is 8.42 Å². The summed E-state index contributed by atoms with van der Waals surface area (Å²) in [5, 5.41) is 0. The molecule has 0 fully saturated rings. The number of halogens is 1. The average molecular weight is 369 g/mol. The standard InChI is InChI=1S/C11H16INO3S/c1-3-5-17(15,16)6-4-13-8-10(12)9(2)7-11(13)14/h7-8H,3-6H2,1-2H3. The maximum absolute atomic E-state index is 11.6. The van der Waals surface area contributed by atoms with E-state index >= 15 is 0 Å². The summed E-state index contributed by atoms with van der Waals surface area (Å²) in [6.45, 7) is 3.93. The molecule has 0 N–H and O–H groups in total. The molecule has 0 spiro atoms. The molecule has 1 rings (SSSR count). The Hall–Kier alpha value is -0.370. The van der Waals surface area contributed by atoms with Crippen molar-refractivity contribution in [1.82, 2.24) is 4.57 Å². The molecule has 1 aromatic rings. The Bertz CT molecular complexity index is 548. The van der Waals surface area contributed by atoms with Gasteiger partial charge in [-0.1, -0.05) is 6.92 Å². The van der Waals surface area contributed by atoms with Gasteiger partial charge in [0, 0.05) is 28.1 Å². The minimum Gasteiger partial charge on any atom is -0.313 e. The maximum atomic E-state index is 11.6. The smallest absolute Gasteiger partial charge is 0.250 e. The predicted octanol–water partition coefficient (Wildman–Crippen LogP) is 1.59. The van der Waals surface area contributed by atoms with Crippen molar-refractivity contribution >= 4 is 32.4 Å². The van der Waals surface area contributed by atoms with Crippen LogP contribution < -0.4 is 5.56 Å². The van der Waals surface area contributed by atoms with E-state index in [2.05, 4.69) is 22.6 Å². The summed E-state index contributed by atoms with van der Waals surface area (Å²) >= 11 is 2.13. The van der Waals surface area contributed by atoms with Gasteiger partial charge in [-0.3, -0.25) is 4.79 Å². The molecule has 0 aliphatic heterocycles. The van der Waals surface area contributed by atoms with Crippen molar-refractivity contribution in [3.05, 3.63) is 31.8 Å². The second-order valence-electron chi connectivity index (χ2n) is 3.99. The highest BCUT2D eigenvalue weighted by Gasteiger charge is 2.10. The van der Waals surface area contributed by atoms with Crippen molar-refractivity contribution in [3.8, 4) is 0 Å².